The molecule has 2 aliphatic rings. The molecule has 3 heterocycles. The van der Waals surface area contributed by atoms with Crippen LogP contribution >= 0.6 is 35.6 Å². The lowest BCUT2D eigenvalue weighted by molar-refractivity contribution is -0.123. The summed E-state index contributed by atoms with van der Waals surface area (Å²) in [6.45, 7) is 5.07. The van der Waals surface area contributed by atoms with E-state index in [1.807, 2.05) is 13.0 Å². The summed E-state index contributed by atoms with van der Waals surface area (Å²) < 4.78 is 1.71. The number of carbonyl (C=O) groups is 1. The second-order valence-corrected chi connectivity index (χ2v) is 10.5. The largest absolute Gasteiger partial charge is 0.368 e. The van der Waals surface area contributed by atoms with Crippen molar-refractivity contribution in [2.24, 2.45) is 11.7 Å². The molecule has 1 aliphatic carbocycles. The molecule has 1 saturated heterocycles. The second kappa shape index (κ2) is 11.0. The van der Waals surface area contributed by atoms with Gasteiger partial charge in [-0.3, -0.25) is 9.69 Å². The fraction of sp³-hybridized carbons (Fsp3) is 0.423. The Morgan fingerprint density at radius 3 is 2.78 bits per heavy atom. The molecule has 0 radical (unpaired) electrons. The lowest BCUT2D eigenvalue weighted by Crippen LogP contribution is -2.48. The Morgan fingerprint density at radius 1 is 1.32 bits per heavy atom. The van der Waals surface area contributed by atoms with Crippen LogP contribution in [0.15, 0.2) is 30.5 Å². The number of nitriles is 1. The summed E-state index contributed by atoms with van der Waals surface area (Å²) in [6.07, 6.45) is 7.37. The molecule has 0 spiro atoms. The highest BCUT2D eigenvalue weighted by Gasteiger charge is 2.37. The Balaban J connectivity index is 0.00000320. The minimum absolute atomic E-state index is 0. The molecule has 0 saturated carbocycles. The maximum Gasteiger partial charge on any atom is 0.234 e. The molecule has 1 aliphatic heterocycles. The van der Waals surface area contributed by atoms with Gasteiger partial charge in [0.05, 0.1) is 24.0 Å². The van der Waals surface area contributed by atoms with Crippen LogP contribution in [0.2, 0.25) is 10.0 Å². The second-order valence-electron chi connectivity index (χ2n) is 9.69. The van der Waals surface area contributed by atoms with E-state index in [1.54, 1.807) is 23.0 Å². The number of hydrogen-bond acceptors (Lipinski definition) is 6. The number of carbonyl (C=O) groups excluding carboxylic acids is 1. The Morgan fingerprint density at radius 2 is 2.11 bits per heavy atom. The van der Waals surface area contributed by atoms with Gasteiger partial charge in [0.15, 0.2) is 11.3 Å². The Bertz CT molecular complexity index is 1410. The average molecular weight is 561 g/mol. The third kappa shape index (κ3) is 5.06. The van der Waals surface area contributed by atoms with Crippen molar-refractivity contribution in [3.05, 3.63) is 57.5 Å². The van der Waals surface area contributed by atoms with Crippen LogP contribution in [-0.4, -0.2) is 49.2 Å². The van der Waals surface area contributed by atoms with Crippen molar-refractivity contribution in [2.75, 3.05) is 6.54 Å². The summed E-state index contributed by atoms with van der Waals surface area (Å²) in [5.41, 5.74) is 9.57. The zero-order valence-corrected chi connectivity index (χ0v) is 22.9. The van der Waals surface area contributed by atoms with Gasteiger partial charge in [0, 0.05) is 16.1 Å². The van der Waals surface area contributed by atoms with E-state index in [2.05, 4.69) is 34.1 Å². The van der Waals surface area contributed by atoms with E-state index in [0.717, 1.165) is 49.1 Å². The minimum atomic E-state index is -0.284. The molecular formula is C26H28Cl3N7O. The van der Waals surface area contributed by atoms with E-state index in [1.165, 1.54) is 0 Å². The molecule has 2 aromatic heterocycles. The molecular weight excluding hydrogens is 533 g/mol. The van der Waals surface area contributed by atoms with Gasteiger partial charge < -0.3 is 5.73 Å². The Labute approximate surface area is 231 Å². The lowest BCUT2D eigenvalue weighted by atomic mass is 9.83. The normalized spacial score (nSPS) is 22.8. The molecule has 3 aromatic rings. The Hall–Kier alpha value is -2.70. The number of nitrogens with zero attached hydrogens (tertiary/aromatic N) is 6. The number of benzene rings is 1. The molecule has 11 heteroatoms. The first-order valence-electron chi connectivity index (χ1n) is 12.1. The smallest absolute Gasteiger partial charge is 0.234 e. The number of nitrogens with two attached hydrogens (primary N) is 1. The molecule has 37 heavy (non-hydrogen) atoms. The number of rotatable bonds is 5. The van der Waals surface area contributed by atoms with E-state index in [0.29, 0.717) is 27.1 Å². The summed E-state index contributed by atoms with van der Waals surface area (Å²) in [4.78, 5) is 23.7. The van der Waals surface area contributed by atoms with Crippen molar-refractivity contribution in [3.63, 3.8) is 0 Å². The van der Waals surface area contributed by atoms with Gasteiger partial charge in [-0.1, -0.05) is 42.3 Å². The number of likely N-dealkylation sites (tertiary alicyclic amines) is 1. The number of primary amides is 1. The van der Waals surface area contributed by atoms with Crippen LogP contribution in [-0.2, 0) is 4.79 Å². The topological polar surface area (TPSA) is 114 Å². The van der Waals surface area contributed by atoms with Crippen molar-refractivity contribution in [1.29, 1.82) is 5.26 Å². The van der Waals surface area contributed by atoms with E-state index in [-0.39, 0.29) is 42.1 Å². The number of fused-ring (bicyclic) bond motifs is 1. The summed E-state index contributed by atoms with van der Waals surface area (Å²) in [5.74, 6) is 0.0936. The van der Waals surface area contributed by atoms with Gasteiger partial charge in [-0.25, -0.2) is 14.6 Å². The molecule has 4 atom stereocenters. The summed E-state index contributed by atoms with van der Waals surface area (Å²) in [7, 11) is 0. The van der Waals surface area contributed by atoms with Crippen molar-refractivity contribution >= 4 is 58.3 Å². The zero-order chi connectivity index (χ0) is 25.6. The highest BCUT2D eigenvalue weighted by Crippen LogP contribution is 2.37. The minimum Gasteiger partial charge on any atom is -0.368 e. The molecule has 8 nitrogen and oxygen atoms in total. The first-order chi connectivity index (χ1) is 17.3. The van der Waals surface area contributed by atoms with Gasteiger partial charge in [0.1, 0.15) is 11.6 Å². The van der Waals surface area contributed by atoms with Crippen LogP contribution in [0.25, 0.3) is 16.7 Å². The molecule has 1 fully saturated rings. The fourth-order valence-electron chi connectivity index (χ4n) is 5.61. The number of amides is 1. The lowest BCUT2D eigenvalue weighted by Gasteiger charge is -2.38. The van der Waals surface area contributed by atoms with Gasteiger partial charge in [-0.15, -0.1) is 12.4 Å². The maximum absolute atomic E-state index is 11.9. The van der Waals surface area contributed by atoms with Crippen molar-refractivity contribution in [3.8, 4) is 6.07 Å². The number of halogens is 3. The van der Waals surface area contributed by atoms with E-state index >= 15 is 0 Å². The number of allylic oxidation sites excluding steroid dienone is 1. The van der Waals surface area contributed by atoms with Gasteiger partial charge in [0.2, 0.25) is 5.91 Å². The molecule has 3 unspecified atom stereocenters. The summed E-state index contributed by atoms with van der Waals surface area (Å²) >= 11 is 12.5. The molecule has 5 rings (SSSR count). The van der Waals surface area contributed by atoms with Gasteiger partial charge in [-0.05, 0) is 68.3 Å². The predicted octanol–water partition coefficient (Wildman–Crippen LogP) is 5.17. The third-order valence-corrected chi connectivity index (χ3v) is 8.03. The highest BCUT2D eigenvalue weighted by molar-refractivity contribution is 6.35. The first kappa shape index (κ1) is 27.3. The number of hydrogen-bond donors (Lipinski definition) is 1. The summed E-state index contributed by atoms with van der Waals surface area (Å²) in [5, 5.41) is 15.2. The molecule has 1 amide bonds. The number of aromatic nitrogens is 4. The van der Waals surface area contributed by atoms with E-state index < -0.39 is 0 Å². The van der Waals surface area contributed by atoms with Gasteiger partial charge in [-0.2, -0.15) is 10.4 Å². The van der Waals surface area contributed by atoms with Crippen LogP contribution in [0.3, 0.4) is 0 Å². The van der Waals surface area contributed by atoms with Gasteiger partial charge in [0.25, 0.3) is 0 Å². The molecule has 2 N–H and O–H groups in total. The van der Waals surface area contributed by atoms with Crippen LogP contribution in [0, 0.1) is 17.2 Å². The van der Waals surface area contributed by atoms with Crippen LogP contribution in [0.5, 0.6) is 0 Å². The van der Waals surface area contributed by atoms with E-state index in [9.17, 15) is 10.1 Å². The molecule has 1 aromatic carbocycles. The predicted molar refractivity (Wildman–Crippen MR) is 147 cm³/mol. The van der Waals surface area contributed by atoms with Crippen molar-refractivity contribution in [2.45, 2.75) is 57.7 Å². The fourth-order valence-corrected chi connectivity index (χ4v) is 6.17. The molecule has 0 bridgehead atoms. The SMILES string of the molecule is CC1CC(c2cnc3c(C#N)nn(C(C)c4ccc(Cl)cc4Cl)c3n2)=CCC1N1CCC[C@H]1C(N)=O.Cl. The Kier molecular flexibility index (Phi) is 8.10. The van der Waals surface area contributed by atoms with Crippen molar-refractivity contribution in [1.82, 2.24) is 24.6 Å². The maximum atomic E-state index is 11.9. The van der Waals surface area contributed by atoms with Crippen LogP contribution in [0.4, 0.5) is 0 Å². The summed E-state index contributed by atoms with van der Waals surface area (Å²) in [6, 6.07) is 7.27. The monoisotopic (exact) mass is 559 g/mol. The zero-order valence-electron chi connectivity index (χ0n) is 20.6. The standard InChI is InChI=1S/C26H27Cl2N7O.ClH/c1-14-10-16(5-8-22(14)34-9-3-4-23(34)25(30)36)21-13-31-24-20(12-29)33-35(26(24)32-21)15(2)18-7-6-17(27)11-19(18)28;/h5-7,11,13-15,22-23H,3-4,8-10H2,1-2H3,(H2,30,36);1H/t14?,15?,22?,23-;/m0./s1. The quantitative estimate of drug-likeness (QED) is 0.461. The molecule has 194 valence electrons. The van der Waals surface area contributed by atoms with Crippen LogP contribution in [0.1, 0.15) is 62.5 Å². The van der Waals surface area contributed by atoms with Crippen molar-refractivity contribution < 1.29 is 4.79 Å². The average Bonchev–Trinajstić information content (AvgIpc) is 3.48. The third-order valence-electron chi connectivity index (χ3n) is 7.47. The van der Waals surface area contributed by atoms with Crippen LogP contribution < -0.4 is 5.73 Å². The van der Waals surface area contributed by atoms with Gasteiger partial charge >= 0.3 is 0 Å². The first-order valence-corrected chi connectivity index (χ1v) is 12.9. The van der Waals surface area contributed by atoms with E-state index in [4.69, 9.17) is 33.9 Å². The highest BCUT2D eigenvalue weighted by atomic mass is 35.5.